The van der Waals surface area contributed by atoms with Gasteiger partial charge in [0.15, 0.2) is 0 Å². The summed E-state index contributed by atoms with van der Waals surface area (Å²) in [5, 5.41) is 3.53. The van der Waals surface area contributed by atoms with Gasteiger partial charge in [-0.1, -0.05) is 20.3 Å². The van der Waals surface area contributed by atoms with Gasteiger partial charge in [-0.25, -0.2) is 9.97 Å². The second-order valence-corrected chi connectivity index (χ2v) is 5.56. The van der Waals surface area contributed by atoms with Gasteiger partial charge in [-0.15, -0.1) is 0 Å². The summed E-state index contributed by atoms with van der Waals surface area (Å²) in [5.74, 6) is 0. The second-order valence-electron chi connectivity index (χ2n) is 5.56. The van der Waals surface area contributed by atoms with Crippen molar-refractivity contribution in [1.29, 1.82) is 0 Å². The first-order chi connectivity index (χ1) is 7.66. The second kappa shape index (κ2) is 4.81. The molecule has 2 rings (SSSR count). The molecule has 1 aromatic rings. The molecule has 16 heavy (non-hydrogen) atoms. The van der Waals surface area contributed by atoms with Crippen molar-refractivity contribution in [2.75, 3.05) is 5.32 Å². The Kier molecular flexibility index (Phi) is 3.42. The Morgan fingerprint density at radius 3 is 2.69 bits per heavy atom. The van der Waals surface area contributed by atoms with Crippen molar-refractivity contribution >= 4 is 5.69 Å². The van der Waals surface area contributed by atoms with E-state index in [1.165, 1.54) is 32.1 Å². The van der Waals surface area contributed by atoms with E-state index in [1.54, 1.807) is 6.33 Å². The highest BCUT2D eigenvalue weighted by molar-refractivity contribution is 5.38. The lowest BCUT2D eigenvalue weighted by Gasteiger charge is -2.22. The molecular formula is C13H21N3. The topological polar surface area (TPSA) is 37.8 Å². The molecule has 1 unspecified atom stereocenters. The van der Waals surface area contributed by atoms with E-state index >= 15 is 0 Å². The van der Waals surface area contributed by atoms with Crippen LogP contribution in [0.15, 0.2) is 18.7 Å². The monoisotopic (exact) mass is 219 g/mol. The van der Waals surface area contributed by atoms with E-state index in [1.807, 2.05) is 12.4 Å². The number of hydrogen-bond acceptors (Lipinski definition) is 3. The van der Waals surface area contributed by atoms with Crippen molar-refractivity contribution in [1.82, 2.24) is 9.97 Å². The standard InChI is InChI=1S/C13H21N3/c1-13(2)6-3-4-11(5-7-13)16-12-8-14-10-15-9-12/h8-11,16H,3-7H2,1-2H3. The predicted octanol–water partition coefficient (Wildman–Crippen LogP) is 3.25. The van der Waals surface area contributed by atoms with Crippen LogP contribution in [-0.4, -0.2) is 16.0 Å². The number of anilines is 1. The Bertz CT molecular complexity index is 321. The molecule has 88 valence electrons. The maximum absolute atomic E-state index is 4.03. The van der Waals surface area contributed by atoms with E-state index in [2.05, 4.69) is 29.1 Å². The van der Waals surface area contributed by atoms with E-state index < -0.39 is 0 Å². The summed E-state index contributed by atoms with van der Waals surface area (Å²) in [6, 6.07) is 0.591. The predicted molar refractivity (Wildman–Crippen MR) is 66.3 cm³/mol. The van der Waals surface area contributed by atoms with Crippen molar-refractivity contribution in [2.45, 2.75) is 52.0 Å². The molecule has 1 atom stereocenters. The van der Waals surface area contributed by atoms with Gasteiger partial charge in [0, 0.05) is 6.04 Å². The molecule has 0 aromatic carbocycles. The van der Waals surface area contributed by atoms with Gasteiger partial charge < -0.3 is 5.32 Å². The molecule has 0 amide bonds. The zero-order chi connectivity index (χ0) is 11.4. The van der Waals surface area contributed by atoms with Crippen molar-refractivity contribution < 1.29 is 0 Å². The summed E-state index contributed by atoms with van der Waals surface area (Å²) in [6.07, 6.45) is 11.8. The van der Waals surface area contributed by atoms with Crippen LogP contribution in [0.5, 0.6) is 0 Å². The molecule has 1 fully saturated rings. The molecule has 1 saturated carbocycles. The molecule has 1 aliphatic carbocycles. The largest absolute Gasteiger partial charge is 0.380 e. The summed E-state index contributed by atoms with van der Waals surface area (Å²) < 4.78 is 0. The first kappa shape index (κ1) is 11.4. The van der Waals surface area contributed by atoms with Crippen LogP contribution in [0.3, 0.4) is 0 Å². The molecule has 3 nitrogen and oxygen atoms in total. The third-order valence-corrected chi connectivity index (χ3v) is 3.51. The SMILES string of the molecule is CC1(C)CCCC(Nc2cncnc2)CC1. The van der Waals surface area contributed by atoms with Gasteiger partial charge in [0.2, 0.25) is 0 Å². The molecule has 0 bridgehead atoms. The van der Waals surface area contributed by atoms with E-state index in [-0.39, 0.29) is 0 Å². The van der Waals surface area contributed by atoms with E-state index in [0.717, 1.165) is 5.69 Å². The zero-order valence-corrected chi connectivity index (χ0v) is 10.2. The Hall–Kier alpha value is -1.12. The fraction of sp³-hybridized carbons (Fsp3) is 0.692. The van der Waals surface area contributed by atoms with Crippen LogP contribution in [0, 0.1) is 5.41 Å². The van der Waals surface area contributed by atoms with E-state index in [0.29, 0.717) is 11.5 Å². The average molecular weight is 219 g/mol. The van der Waals surface area contributed by atoms with Crippen LogP contribution >= 0.6 is 0 Å². The first-order valence-electron chi connectivity index (χ1n) is 6.17. The Morgan fingerprint density at radius 2 is 1.94 bits per heavy atom. The van der Waals surface area contributed by atoms with Crippen LogP contribution < -0.4 is 5.32 Å². The number of aromatic nitrogens is 2. The fourth-order valence-corrected chi connectivity index (χ4v) is 2.41. The highest BCUT2D eigenvalue weighted by Gasteiger charge is 2.24. The van der Waals surface area contributed by atoms with E-state index in [9.17, 15) is 0 Å². The third-order valence-electron chi connectivity index (χ3n) is 3.51. The van der Waals surface area contributed by atoms with Gasteiger partial charge in [-0.2, -0.15) is 0 Å². The molecule has 0 radical (unpaired) electrons. The lowest BCUT2D eigenvalue weighted by Crippen LogP contribution is -2.19. The van der Waals surface area contributed by atoms with Gasteiger partial charge in [-0.3, -0.25) is 0 Å². The Morgan fingerprint density at radius 1 is 1.19 bits per heavy atom. The lowest BCUT2D eigenvalue weighted by atomic mass is 9.85. The van der Waals surface area contributed by atoms with Gasteiger partial charge >= 0.3 is 0 Å². The van der Waals surface area contributed by atoms with Crippen LogP contribution in [0.4, 0.5) is 5.69 Å². The molecule has 1 aromatic heterocycles. The van der Waals surface area contributed by atoms with Crippen molar-refractivity contribution in [2.24, 2.45) is 5.41 Å². The number of hydrogen-bond donors (Lipinski definition) is 1. The van der Waals surface area contributed by atoms with Gasteiger partial charge in [-0.05, 0) is 31.1 Å². The summed E-state index contributed by atoms with van der Waals surface area (Å²) in [4.78, 5) is 8.06. The average Bonchev–Trinajstić information content (AvgIpc) is 2.42. The molecule has 0 saturated heterocycles. The molecule has 3 heteroatoms. The smallest absolute Gasteiger partial charge is 0.115 e. The minimum atomic E-state index is 0.517. The molecule has 1 heterocycles. The first-order valence-corrected chi connectivity index (χ1v) is 6.17. The van der Waals surface area contributed by atoms with Crippen molar-refractivity contribution in [3.63, 3.8) is 0 Å². The molecular weight excluding hydrogens is 198 g/mol. The van der Waals surface area contributed by atoms with Crippen LogP contribution in [-0.2, 0) is 0 Å². The zero-order valence-electron chi connectivity index (χ0n) is 10.2. The summed E-state index contributed by atoms with van der Waals surface area (Å²) in [6.45, 7) is 4.75. The van der Waals surface area contributed by atoms with Crippen molar-refractivity contribution in [3.8, 4) is 0 Å². The van der Waals surface area contributed by atoms with Gasteiger partial charge in [0.1, 0.15) is 6.33 Å². The van der Waals surface area contributed by atoms with Crippen LogP contribution in [0.25, 0.3) is 0 Å². The van der Waals surface area contributed by atoms with Gasteiger partial charge in [0.05, 0.1) is 18.1 Å². The number of nitrogens with one attached hydrogen (secondary N) is 1. The normalized spacial score (nSPS) is 24.8. The molecule has 0 aliphatic heterocycles. The summed E-state index contributed by atoms with van der Waals surface area (Å²) >= 11 is 0. The Labute approximate surface area is 97.7 Å². The minimum Gasteiger partial charge on any atom is -0.380 e. The fourth-order valence-electron chi connectivity index (χ4n) is 2.41. The summed E-state index contributed by atoms with van der Waals surface area (Å²) in [5.41, 5.74) is 1.57. The maximum Gasteiger partial charge on any atom is 0.115 e. The highest BCUT2D eigenvalue weighted by atomic mass is 15.0. The van der Waals surface area contributed by atoms with E-state index in [4.69, 9.17) is 0 Å². The Balaban J connectivity index is 1.92. The molecule has 1 aliphatic rings. The van der Waals surface area contributed by atoms with Crippen molar-refractivity contribution in [3.05, 3.63) is 18.7 Å². The number of nitrogens with zero attached hydrogens (tertiary/aromatic N) is 2. The lowest BCUT2D eigenvalue weighted by molar-refractivity contribution is 0.313. The van der Waals surface area contributed by atoms with Crippen LogP contribution in [0.1, 0.15) is 46.0 Å². The molecule has 1 N–H and O–H groups in total. The summed E-state index contributed by atoms with van der Waals surface area (Å²) in [7, 11) is 0. The quantitative estimate of drug-likeness (QED) is 0.776. The minimum absolute atomic E-state index is 0.517. The van der Waals surface area contributed by atoms with Crippen LogP contribution in [0.2, 0.25) is 0 Å². The molecule has 0 spiro atoms. The highest BCUT2D eigenvalue weighted by Crippen LogP contribution is 2.34. The maximum atomic E-state index is 4.03. The number of rotatable bonds is 2. The van der Waals surface area contributed by atoms with Gasteiger partial charge in [0.25, 0.3) is 0 Å². The third kappa shape index (κ3) is 3.19.